The molecular formula is C12H15NO2. The number of benzene rings is 1. The summed E-state index contributed by atoms with van der Waals surface area (Å²) >= 11 is 0. The fourth-order valence-electron chi connectivity index (χ4n) is 1.43. The van der Waals surface area contributed by atoms with Crippen LogP contribution in [-0.2, 0) is 0 Å². The molecule has 0 saturated carbocycles. The molecule has 0 atom stereocenters. The Morgan fingerprint density at radius 1 is 1.33 bits per heavy atom. The number of para-hydroxylation sites is 1. The third-order valence-corrected chi connectivity index (χ3v) is 2.19. The molecular weight excluding hydrogens is 190 g/mol. The highest BCUT2D eigenvalue weighted by atomic mass is 16.3. The molecule has 0 spiro atoms. The maximum atomic E-state index is 9.60. The second kappa shape index (κ2) is 3.59. The van der Waals surface area contributed by atoms with Gasteiger partial charge >= 0.3 is 0 Å². The lowest BCUT2D eigenvalue weighted by molar-refractivity contribution is 0.0945. The van der Waals surface area contributed by atoms with Crippen molar-refractivity contribution in [2.75, 3.05) is 11.9 Å². The van der Waals surface area contributed by atoms with Crippen LogP contribution in [0.25, 0.3) is 11.0 Å². The lowest BCUT2D eigenvalue weighted by Gasteiger charge is -2.17. The topological polar surface area (TPSA) is 45.4 Å². The summed E-state index contributed by atoms with van der Waals surface area (Å²) in [6.07, 6.45) is 1.68. The first-order chi connectivity index (χ1) is 7.06. The highest BCUT2D eigenvalue weighted by molar-refractivity contribution is 5.90. The molecule has 1 heterocycles. The van der Waals surface area contributed by atoms with Gasteiger partial charge in [-0.3, -0.25) is 0 Å². The van der Waals surface area contributed by atoms with Gasteiger partial charge in [0.05, 0.1) is 11.3 Å². The van der Waals surface area contributed by atoms with E-state index in [-0.39, 0.29) is 0 Å². The van der Waals surface area contributed by atoms with Crippen LogP contribution in [0.15, 0.2) is 34.9 Å². The summed E-state index contributed by atoms with van der Waals surface area (Å²) in [5.74, 6) is 0. The van der Waals surface area contributed by atoms with Crippen molar-refractivity contribution < 1.29 is 9.52 Å². The fourth-order valence-corrected chi connectivity index (χ4v) is 1.43. The molecule has 0 amide bonds. The summed E-state index contributed by atoms with van der Waals surface area (Å²) in [5, 5.41) is 13.8. The van der Waals surface area contributed by atoms with Gasteiger partial charge in [-0.25, -0.2) is 0 Å². The normalized spacial score (nSPS) is 11.9. The Balaban J connectivity index is 2.22. The van der Waals surface area contributed by atoms with E-state index in [4.69, 9.17) is 4.42 Å². The van der Waals surface area contributed by atoms with Crippen LogP contribution in [0.5, 0.6) is 0 Å². The standard InChI is InChI=1S/C12H15NO2/c1-12(2,14)8-13-10-7-15-11-6-4-3-5-9(10)11/h3-7,13-14H,8H2,1-2H3. The molecule has 80 valence electrons. The number of aliphatic hydroxyl groups is 1. The molecule has 1 aromatic heterocycles. The van der Waals surface area contributed by atoms with Gasteiger partial charge in [0.1, 0.15) is 11.8 Å². The van der Waals surface area contributed by atoms with Gasteiger partial charge < -0.3 is 14.8 Å². The van der Waals surface area contributed by atoms with Crippen LogP contribution in [-0.4, -0.2) is 17.3 Å². The van der Waals surface area contributed by atoms with E-state index in [1.54, 1.807) is 20.1 Å². The minimum Gasteiger partial charge on any atom is -0.462 e. The molecule has 0 unspecified atom stereocenters. The first kappa shape index (κ1) is 10.1. The highest BCUT2D eigenvalue weighted by Gasteiger charge is 2.13. The van der Waals surface area contributed by atoms with Gasteiger partial charge in [0, 0.05) is 11.9 Å². The van der Waals surface area contributed by atoms with Gasteiger partial charge in [0.2, 0.25) is 0 Å². The average molecular weight is 205 g/mol. The van der Waals surface area contributed by atoms with Crippen LogP contribution in [0.1, 0.15) is 13.8 Å². The molecule has 0 aliphatic rings. The summed E-state index contributed by atoms with van der Waals surface area (Å²) in [4.78, 5) is 0. The Hall–Kier alpha value is -1.48. The van der Waals surface area contributed by atoms with Gasteiger partial charge in [-0.05, 0) is 26.0 Å². The van der Waals surface area contributed by atoms with Gasteiger partial charge in [-0.1, -0.05) is 12.1 Å². The Labute approximate surface area is 88.7 Å². The summed E-state index contributed by atoms with van der Waals surface area (Å²) < 4.78 is 5.37. The van der Waals surface area contributed by atoms with Crippen LogP contribution in [0.3, 0.4) is 0 Å². The molecule has 2 aromatic rings. The van der Waals surface area contributed by atoms with Crippen LogP contribution < -0.4 is 5.32 Å². The predicted molar refractivity (Wildman–Crippen MR) is 61.0 cm³/mol. The van der Waals surface area contributed by atoms with Crippen molar-refractivity contribution in [3.63, 3.8) is 0 Å². The molecule has 0 aliphatic heterocycles. The number of furan rings is 1. The quantitative estimate of drug-likeness (QED) is 0.809. The zero-order valence-corrected chi connectivity index (χ0v) is 8.95. The van der Waals surface area contributed by atoms with Crippen LogP contribution in [0, 0.1) is 0 Å². The van der Waals surface area contributed by atoms with E-state index in [0.717, 1.165) is 16.7 Å². The van der Waals surface area contributed by atoms with E-state index in [1.807, 2.05) is 24.3 Å². The molecule has 3 nitrogen and oxygen atoms in total. The van der Waals surface area contributed by atoms with E-state index in [1.165, 1.54) is 0 Å². The van der Waals surface area contributed by atoms with Gasteiger partial charge in [0.25, 0.3) is 0 Å². The highest BCUT2D eigenvalue weighted by Crippen LogP contribution is 2.25. The van der Waals surface area contributed by atoms with E-state index < -0.39 is 5.60 Å². The lowest BCUT2D eigenvalue weighted by Crippen LogP contribution is -2.29. The molecule has 0 aliphatic carbocycles. The number of anilines is 1. The first-order valence-corrected chi connectivity index (χ1v) is 4.99. The van der Waals surface area contributed by atoms with Crippen molar-refractivity contribution >= 4 is 16.7 Å². The zero-order valence-electron chi connectivity index (χ0n) is 8.95. The molecule has 0 bridgehead atoms. The maximum absolute atomic E-state index is 9.60. The molecule has 1 aromatic carbocycles. The largest absolute Gasteiger partial charge is 0.462 e. The summed E-state index contributed by atoms with van der Waals surface area (Å²) in [6, 6.07) is 7.81. The van der Waals surface area contributed by atoms with Crippen molar-refractivity contribution in [3.8, 4) is 0 Å². The Kier molecular flexibility index (Phi) is 2.40. The number of nitrogens with one attached hydrogen (secondary N) is 1. The van der Waals surface area contributed by atoms with Gasteiger partial charge in [-0.2, -0.15) is 0 Å². The van der Waals surface area contributed by atoms with Crippen molar-refractivity contribution in [1.29, 1.82) is 0 Å². The Morgan fingerprint density at radius 3 is 2.80 bits per heavy atom. The van der Waals surface area contributed by atoms with Crippen molar-refractivity contribution in [2.24, 2.45) is 0 Å². The second-order valence-electron chi connectivity index (χ2n) is 4.31. The summed E-state index contributed by atoms with van der Waals surface area (Å²) in [5.41, 5.74) is 1.06. The minimum absolute atomic E-state index is 0.497. The molecule has 3 heteroatoms. The van der Waals surface area contributed by atoms with E-state index in [9.17, 15) is 5.11 Å². The van der Waals surface area contributed by atoms with Crippen LogP contribution in [0.2, 0.25) is 0 Å². The van der Waals surface area contributed by atoms with Crippen LogP contribution >= 0.6 is 0 Å². The molecule has 0 radical (unpaired) electrons. The van der Waals surface area contributed by atoms with Gasteiger partial charge in [0.15, 0.2) is 0 Å². The maximum Gasteiger partial charge on any atom is 0.136 e. The fraction of sp³-hybridized carbons (Fsp3) is 0.333. The Morgan fingerprint density at radius 2 is 2.07 bits per heavy atom. The van der Waals surface area contributed by atoms with Crippen molar-refractivity contribution in [2.45, 2.75) is 19.4 Å². The smallest absolute Gasteiger partial charge is 0.136 e. The molecule has 0 fully saturated rings. The van der Waals surface area contributed by atoms with E-state index in [0.29, 0.717) is 6.54 Å². The molecule has 15 heavy (non-hydrogen) atoms. The number of rotatable bonds is 3. The summed E-state index contributed by atoms with van der Waals surface area (Å²) in [6.45, 7) is 4.03. The van der Waals surface area contributed by atoms with Crippen molar-refractivity contribution in [1.82, 2.24) is 0 Å². The molecule has 2 rings (SSSR count). The third-order valence-electron chi connectivity index (χ3n) is 2.19. The zero-order chi connectivity index (χ0) is 10.9. The number of fused-ring (bicyclic) bond motifs is 1. The van der Waals surface area contributed by atoms with E-state index >= 15 is 0 Å². The monoisotopic (exact) mass is 205 g/mol. The predicted octanol–water partition coefficient (Wildman–Crippen LogP) is 2.62. The first-order valence-electron chi connectivity index (χ1n) is 4.99. The number of hydrogen-bond acceptors (Lipinski definition) is 3. The molecule has 2 N–H and O–H groups in total. The lowest BCUT2D eigenvalue weighted by atomic mass is 10.1. The Bertz CT molecular complexity index is 454. The molecule has 0 saturated heterocycles. The second-order valence-corrected chi connectivity index (χ2v) is 4.31. The summed E-state index contributed by atoms with van der Waals surface area (Å²) in [7, 11) is 0. The van der Waals surface area contributed by atoms with Crippen molar-refractivity contribution in [3.05, 3.63) is 30.5 Å². The average Bonchev–Trinajstić information content (AvgIpc) is 2.57. The SMILES string of the molecule is CC(C)(O)CNc1coc2ccccc12. The number of hydrogen-bond donors (Lipinski definition) is 2. The van der Waals surface area contributed by atoms with Gasteiger partial charge in [-0.15, -0.1) is 0 Å². The van der Waals surface area contributed by atoms with E-state index in [2.05, 4.69) is 5.32 Å². The third kappa shape index (κ3) is 2.30. The van der Waals surface area contributed by atoms with Crippen LogP contribution in [0.4, 0.5) is 5.69 Å². The minimum atomic E-state index is -0.724.